The molecular weight excluding hydrogens is 382 g/mol. The van der Waals surface area contributed by atoms with E-state index < -0.39 is 0 Å². The average Bonchev–Trinajstić information content (AvgIpc) is 3.11. The Labute approximate surface area is 153 Å². The Morgan fingerprint density at radius 1 is 1.20 bits per heavy atom. The van der Waals surface area contributed by atoms with Crippen molar-refractivity contribution in [3.63, 3.8) is 0 Å². The van der Waals surface area contributed by atoms with E-state index in [1.807, 2.05) is 61.5 Å². The van der Waals surface area contributed by atoms with Crippen LogP contribution in [-0.2, 0) is 4.79 Å². The minimum atomic E-state index is -0.345. The van der Waals surface area contributed by atoms with Gasteiger partial charge >= 0.3 is 0 Å². The number of carbonyl (C=O) groups is 1. The first-order chi connectivity index (χ1) is 12.1. The number of tetrazole rings is 1. The molecule has 0 bridgehead atoms. The summed E-state index contributed by atoms with van der Waals surface area (Å²) in [5.74, 6) is 0.347. The molecule has 126 valence electrons. The molecule has 0 saturated heterocycles. The van der Waals surface area contributed by atoms with Crippen LogP contribution in [0.25, 0.3) is 11.8 Å². The van der Waals surface area contributed by atoms with Crippen molar-refractivity contribution in [2.45, 2.75) is 13.0 Å². The van der Waals surface area contributed by atoms with E-state index in [0.717, 1.165) is 15.7 Å². The summed E-state index contributed by atoms with van der Waals surface area (Å²) in [6.45, 7) is 1.84. The number of rotatable bonds is 5. The van der Waals surface area contributed by atoms with Crippen LogP contribution in [-0.4, -0.2) is 26.1 Å². The highest BCUT2D eigenvalue weighted by Gasteiger charge is 2.17. The SMILES string of the molecule is CC(NC(=O)/C=C/c1ccccc1)c1nnnn1-c1cccc(Br)c1. The third-order valence-corrected chi connectivity index (χ3v) is 4.01. The number of amides is 1. The maximum Gasteiger partial charge on any atom is 0.244 e. The van der Waals surface area contributed by atoms with Gasteiger partial charge in [-0.3, -0.25) is 4.79 Å². The predicted octanol–water partition coefficient (Wildman–Crippen LogP) is 3.32. The molecule has 0 fully saturated rings. The highest BCUT2D eigenvalue weighted by atomic mass is 79.9. The summed E-state index contributed by atoms with van der Waals surface area (Å²) in [5, 5.41) is 14.7. The van der Waals surface area contributed by atoms with Gasteiger partial charge < -0.3 is 5.32 Å². The molecule has 0 spiro atoms. The molecule has 1 unspecified atom stereocenters. The van der Waals surface area contributed by atoms with Crippen molar-refractivity contribution in [2.75, 3.05) is 0 Å². The zero-order valence-corrected chi connectivity index (χ0v) is 15.1. The first-order valence-corrected chi connectivity index (χ1v) is 8.50. The maximum absolute atomic E-state index is 12.1. The van der Waals surface area contributed by atoms with Crippen LogP contribution in [0.5, 0.6) is 0 Å². The van der Waals surface area contributed by atoms with E-state index in [0.29, 0.717) is 5.82 Å². The van der Waals surface area contributed by atoms with Gasteiger partial charge in [0.2, 0.25) is 5.91 Å². The molecule has 0 aliphatic rings. The van der Waals surface area contributed by atoms with Crippen LogP contribution < -0.4 is 5.32 Å². The van der Waals surface area contributed by atoms with E-state index in [2.05, 4.69) is 36.8 Å². The lowest BCUT2D eigenvalue weighted by Crippen LogP contribution is -2.27. The Morgan fingerprint density at radius 2 is 2.00 bits per heavy atom. The van der Waals surface area contributed by atoms with Crippen LogP contribution >= 0.6 is 15.9 Å². The molecule has 1 N–H and O–H groups in total. The number of nitrogens with zero attached hydrogens (tertiary/aromatic N) is 4. The van der Waals surface area contributed by atoms with Gasteiger partial charge in [-0.15, -0.1) is 5.10 Å². The summed E-state index contributed by atoms with van der Waals surface area (Å²) in [6, 6.07) is 16.9. The van der Waals surface area contributed by atoms with Gasteiger partial charge in [0.05, 0.1) is 11.7 Å². The Bertz CT molecular complexity index is 891. The van der Waals surface area contributed by atoms with Crippen LogP contribution in [0, 0.1) is 0 Å². The van der Waals surface area contributed by atoms with Crippen molar-refractivity contribution in [3.05, 3.63) is 76.5 Å². The second-order valence-electron chi connectivity index (χ2n) is 5.40. The maximum atomic E-state index is 12.1. The van der Waals surface area contributed by atoms with Gasteiger partial charge in [0, 0.05) is 10.5 Å². The van der Waals surface area contributed by atoms with E-state index >= 15 is 0 Å². The van der Waals surface area contributed by atoms with Crippen molar-refractivity contribution in [1.82, 2.24) is 25.5 Å². The number of halogens is 1. The smallest absolute Gasteiger partial charge is 0.244 e. The number of nitrogens with one attached hydrogen (secondary N) is 1. The fourth-order valence-electron chi connectivity index (χ4n) is 2.32. The van der Waals surface area contributed by atoms with Gasteiger partial charge in [-0.25, -0.2) is 0 Å². The Morgan fingerprint density at radius 3 is 2.76 bits per heavy atom. The van der Waals surface area contributed by atoms with Crippen molar-refractivity contribution in [1.29, 1.82) is 0 Å². The van der Waals surface area contributed by atoms with E-state index in [1.54, 1.807) is 10.8 Å². The van der Waals surface area contributed by atoms with Crippen molar-refractivity contribution in [2.24, 2.45) is 0 Å². The molecule has 1 atom stereocenters. The van der Waals surface area contributed by atoms with Crippen LogP contribution in [0.2, 0.25) is 0 Å². The van der Waals surface area contributed by atoms with E-state index in [4.69, 9.17) is 0 Å². The molecule has 3 rings (SSSR count). The van der Waals surface area contributed by atoms with Gasteiger partial charge in [0.15, 0.2) is 5.82 Å². The summed E-state index contributed by atoms with van der Waals surface area (Å²) in [7, 11) is 0. The fourth-order valence-corrected chi connectivity index (χ4v) is 2.71. The first kappa shape index (κ1) is 17.0. The summed E-state index contributed by atoms with van der Waals surface area (Å²) in [4.78, 5) is 12.1. The topological polar surface area (TPSA) is 72.7 Å². The minimum Gasteiger partial charge on any atom is -0.343 e. The molecule has 7 heteroatoms. The van der Waals surface area contributed by atoms with Gasteiger partial charge in [-0.05, 0) is 47.2 Å². The number of carbonyl (C=O) groups excluding carboxylic acids is 1. The second-order valence-corrected chi connectivity index (χ2v) is 6.32. The second kappa shape index (κ2) is 7.85. The number of hydrogen-bond donors (Lipinski definition) is 1. The van der Waals surface area contributed by atoms with Gasteiger partial charge in [0.1, 0.15) is 0 Å². The number of benzene rings is 2. The summed E-state index contributed by atoms with van der Waals surface area (Å²) < 4.78 is 2.53. The quantitative estimate of drug-likeness (QED) is 0.670. The van der Waals surface area contributed by atoms with Crippen molar-refractivity contribution < 1.29 is 4.79 Å². The third-order valence-electron chi connectivity index (χ3n) is 3.52. The Hall–Kier alpha value is -2.80. The molecular formula is C18H16BrN5O. The highest BCUT2D eigenvalue weighted by molar-refractivity contribution is 9.10. The van der Waals surface area contributed by atoms with E-state index in [9.17, 15) is 4.79 Å². The minimum absolute atomic E-state index is 0.208. The normalized spacial score (nSPS) is 12.2. The van der Waals surface area contributed by atoms with Crippen LogP contribution in [0.1, 0.15) is 24.4 Å². The Balaban J connectivity index is 1.72. The van der Waals surface area contributed by atoms with Crippen LogP contribution in [0.3, 0.4) is 0 Å². The lowest BCUT2D eigenvalue weighted by molar-refractivity contribution is -0.117. The number of hydrogen-bond acceptors (Lipinski definition) is 4. The molecule has 0 radical (unpaired) electrons. The third kappa shape index (κ3) is 4.39. The molecule has 1 heterocycles. The average molecular weight is 398 g/mol. The summed E-state index contributed by atoms with van der Waals surface area (Å²) >= 11 is 3.43. The van der Waals surface area contributed by atoms with Crippen LogP contribution in [0.4, 0.5) is 0 Å². The summed E-state index contributed by atoms with van der Waals surface area (Å²) in [6.07, 6.45) is 3.26. The molecule has 25 heavy (non-hydrogen) atoms. The van der Waals surface area contributed by atoms with Gasteiger partial charge in [0.25, 0.3) is 0 Å². The molecule has 0 aliphatic heterocycles. The monoisotopic (exact) mass is 397 g/mol. The summed E-state index contributed by atoms with van der Waals surface area (Å²) in [5.41, 5.74) is 1.78. The lowest BCUT2D eigenvalue weighted by atomic mass is 10.2. The standard InChI is InChI=1S/C18H16BrN5O/c1-13(20-17(25)11-10-14-6-3-2-4-7-14)18-21-22-23-24(18)16-9-5-8-15(19)12-16/h2-13H,1H3,(H,20,25)/b11-10+. The zero-order chi connectivity index (χ0) is 17.6. The highest BCUT2D eigenvalue weighted by Crippen LogP contribution is 2.18. The lowest BCUT2D eigenvalue weighted by Gasteiger charge is -2.12. The molecule has 1 amide bonds. The first-order valence-electron chi connectivity index (χ1n) is 7.71. The van der Waals surface area contributed by atoms with Crippen molar-refractivity contribution >= 4 is 27.9 Å². The van der Waals surface area contributed by atoms with Gasteiger partial charge in [-0.2, -0.15) is 4.68 Å². The molecule has 0 saturated carbocycles. The van der Waals surface area contributed by atoms with Gasteiger partial charge in [-0.1, -0.05) is 52.3 Å². The molecule has 0 aliphatic carbocycles. The predicted molar refractivity (Wildman–Crippen MR) is 98.9 cm³/mol. The largest absolute Gasteiger partial charge is 0.343 e. The van der Waals surface area contributed by atoms with Crippen molar-refractivity contribution in [3.8, 4) is 5.69 Å². The zero-order valence-electron chi connectivity index (χ0n) is 13.5. The van der Waals surface area contributed by atoms with E-state index in [-0.39, 0.29) is 11.9 Å². The molecule has 1 aromatic heterocycles. The van der Waals surface area contributed by atoms with Crippen LogP contribution in [0.15, 0.2) is 65.1 Å². The fraction of sp³-hybridized carbons (Fsp3) is 0.111. The molecule has 6 nitrogen and oxygen atoms in total. The molecule has 3 aromatic rings. The number of aromatic nitrogens is 4. The molecule has 2 aromatic carbocycles. The van der Waals surface area contributed by atoms with E-state index in [1.165, 1.54) is 6.08 Å². The Kier molecular flexibility index (Phi) is 5.35.